The van der Waals surface area contributed by atoms with Gasteiger partial charge < -0.3 is 9.80 Å². The monoisotopic (exact) mass is 282 g/mol. The van der Waals surface area contributed by atoms with Gasteiger partial charge in [0.1, 0.15) is 0 Å². The predicted molar refractivity (Wildman–Crippen MR) is 81.5 cm³/mol. The van der Waals surface area contributed by atoms with Crippen molar-refractivity contribution in [2.75, 3.05) is 40.3 Å². The molecule has 0 aromatic rings. The lowest BCUT2D eigenvalue weighted by molar-refractivity contribution is -0.131. The lowest BCUT2D eigenvalue weighted by Crippen LogP contribution is -2.56. The lowest BCUT2D eigenvalue weighted by atomic mass is 10.0. The van der Waals surface area contributed by atoms with E-state index in [2.05, 4.69) is 54.9 Å². The van der Waals surface area contributed by atoms with E-state index in [4.69, 9.17) is 0 Å². The molecule has 2 rings (SSSR count). The molecule has 0 bridgehead atoms. The van der Waals surface area contributed by atoms with Crippen LogP contribution < -0.4 is 5.32 Å². The zero-order valence-corrected chi connectivity index (χ0v) is 13.6. The molecule has 3 atom stereocenters. The predicted octanol–water partition coefficient (Wildman–Crippen LogP) is 0.425. The van der Waals surface area contributed by atoms with Crippen LogP contribution in [0.3, 0.4) is 0 Å². The molecule has 0 aliphatic carbocycles. The smallest absolute Gasteiger partial charge is 0.241 e. The molecule has 0 saturated carbocycles. The van der Waals surface area contributed by atoms with Gasteiger partial charge in [-0.2, -0.15) is 0 Å². The van der Waals surface area contributed by atoms with Crippen LogP contribution in [0.25, 0.3) is 0 Å². The van der Waals surface area contributed by atoms with Gasteiger partial charge in [0.25, 0.3) is 0 Å². The van der Waals surface area contributed by atoms with E-state index in [9.17, 15) is 4.79 Å². The van der Waals surface area contributed by atoms with Crippen LogP contribution in [-0.2, 0) is 4.79 Å². The van der Waals surface area contributed by atoms with E-state index in [1.54, 1.807) is 0 Å². The Bertz CT molecular complexity index is 347. The Morgan fingerprint density at radius 3 is 2.60 bits per heavy atom. The van der Waals surface area contributed by atoms with Crippen molar-refractivity contribution in [3.8, 4) is 0 Å². The maximum atomic E-state index is 12.6. The molecular weight excluding hydrogens is 252 g/mol. The highest BCUT2D eigenvalue weighted by Crippen LogP contribution is 2.20. The maximum absolute atomic E-state index is 12.6. The van der Waals surface area contributed by atoms with Crippen molar-refractivity contribution in [1.82, 2.24) is 20.0 Å². The first-order chi connectivity index (χ1) is 9.43. The topological polar surface area (TPSA) is 38.8 Å². The Kier molecular flexibility index (Phi) is 5.04. The Morgan fingerprint density at radius 2 is 2.00 bits per heavy atom. The molecule has 2 fully saturated rings. The fourth-order valence-electron chi connectivity index (χ4n) is 3.26. The first-order valence-electron chi connectivity index (χ1n) is 7.89. The summed E-state index contributed by atoms with van der Waals surface area (Å²) < 4.78 is 0. The quantitative estimate of drug-likeness (QED) is 0.811. The number of hydrogen-bond donors (Lipinski definition) is 1. The number of likely N-dealkylation sites (N-methyl/N-ethyl adjacent to an activating group) is 2. The van der Waals surface area contributed by atoms with Crippen LogP contribution in [0, 0.1) is 5.92 Å². The van der Waals surface area contributed by atoms with Crippen molar-refractivity contribution in [2.45, 2.75) is 45.4 Å². The largest absolute Gasteiger partial charge is 0.324 e. The molecular formula is C15H30N4O. The van der Waals surface area contributed by atoms with Gasteiger partial charge in [-0.3, -0.25) is 15.0 Å². The van der Waals surface area contributed by atoms with Crippen molar-refractivity contribution in [1.29, 1.82) is 0 Å². The summed E-state index contributed by atoms with van der Waals surface area (Å²) in [5.74, 6) is 0.641. The molecule has 3 unspecified atom stereocenters. The van der Waals surface area contributed by atoms with Gasteiger partial charge in [-0.15, -0.1) is 0 Å². The standard InChI is InChI=1S/C15H30N4O/c1-6-13-16-14(11(2)3)15(20)19(13)10-12-9-17(4)7-8-18(12)5/h11-14,16H,6-10H2,1-5H3. The molecule has 5 heteroatoms. The van der Waals surface area contributed by atoms with Gasteiger partial charge >= 0.3 is 0 Å². The van der Waals surface area contributed by atoms with Gasteiger partial charge in [0.15, 0.2) is 0 Å². The van der Waals surface area contributed by atoms with E-state index in [0.29, 0.717) is 12.0 Å². The van der Waals surface area contributed by atoms with Crippen LogP contribution in [-0.4, -0.2) is 79.1 Å². The van der Waals surface area contributed by atoms with Gasteiger partial charge in [0, 0.05) is 32.2 Å². The van der Waals surface area contributed by atoms with Gasteiger partial charge in [-0.1, -0.05) is 20.8 Å². The van der Waals surface area contributed by atoms with Crippen LogP contribution >= 0.6 is 0 Å². The summed E-state index contributed by atoms with van der Waals surface area (Å²) in [6.45, 7) is 10.5. The van der Waals surface area contributed by atoms with E-state index in [1.165, 1.54) is 0 Å². The minimum atomic E-state index is -0.00780. The number of piperazine rings is 1. The molecule has 1 N–H and O–H groups in total. The highest BCUT2D eigenvalue weighted by Gasteiger charge is 2.40. The summed E-state index contributed by atoms with van der Waals surface area (Å²) in [6.07, 6.45) is 1.18. The number of nitrogens with one attached hydrogen (secondary N) is 1. The molecule has 20 heavy (non-hydrogen) atoms. The molecule has 1 amide bonds. The van der Waals surface area contributed by atoms with Crippen molar-refractivity contribution < 1.29 is 4.79 Å². The van der Waals surface area contributed by atoms with Crippen LogP contribution in [0.2, 0.25) is 0 Å². The SMILES string of the molecule is CCC1NC(C(C)C)C(=O)N1CC1CN(C)CCN1C. The van der Waals surface area contributed by atoms with E-state index < -0.39 is 0 Å². The minimum absolute atomic E-state index is 0.00780. The number of hydrogen-bond acceptors (Lipinski definition) is 4. The number of carbonyl (C=O) groups is 1. The molecule has 0 spiro atoms. The van der Waals surface area contributed by atoms with Crippen LogP contribution in [0.15, 0.2) is 0 Å². The molecule has 5 nitrogen and oxygen atoms in total. The van der Waals surface area contributed by atoms with Crippen molar-refractivity contribution in [3.05, 3.63) is 0 Å². The average Bonchev–Trinajstić information content (AvgIpc) is 2.71. The zero-order chi connectivity index (χ0) is 14.9. The highest BCUT2D eigenvalue weighted by molar-refractivity contribution is 5.84. The molecule has 2 heterocycles. The maximum Gasteiger partial charge on any atom is 0.241 e. The summed E-state index contributed by atoms with van der Waals surface area (Å²) >= 11 is 0. The first kappa shape index (κ1) is 15.7. The highest BCUT2D eigenvalue weighted by atomic mass is 16.2. The van der Waals surface area contributed by atoms with Gasteiger partial charge in [-0.05, 0) is 26.4 Å². The fraction of sp³-hybridized carbons (Fsp3) is 0.933. The van der Waals surface area contributed by atoms with E-state index in [0.717, 1.165) is 32.6 Å². The third-order valence-electron chi connectivity index (χ3n) is 4.74. The number of amides is 1. The molecule has 2 saturated heterocycles. The van der Waals surface area contributed by atoms with Gasteiger partial charge in [-0.25, -0.2) is 0 Å². The third kappa shape index (κ3) is 3.15. The first-order valence-corrected chi connectivity index (χ1v) is 7.89. The fourth-order valence-corrected chi connectivity index (χ4v) is 3.26. The number of rotatable bonds is 4. The normalized spacial score (nSPS) is 33.4. The molecule has 2 aliphatic rings. The molecule has 116 valence electrons. The van der Waals surface area contributed by atoms with E-state index >= 15 is 0 Å². The van der Waals surface area contributed by atoms with Crippen LogP contribution in [0.4, 0.5) is 0 Å². The summed E-state index contributed by atoms with van der Waals surface area (Å²) in [7, 11) is 4.34. The average molecular weight is 282 g/mol. The Balaban J connectivity index is 2.04. The molecule has 0 aromatic carbocycles. The Labute approximate surface area is 123 Å². The molecule has 0 aromatic heterocycles. The summed E-state index contributed by atoms with van der Waals surface area (Å²) in [6, 6.07) is 0.436. The second kappa shape index (κ2) is 6.41. The second-order valence-electron chi connectivity index (χ2n) is 6.70. The molecule has 0 radical (unpaired) electrons. The van der Waals surface area contributed by atoms with Gasteiger partial charge in [0.2, 0.25) is 5.91 Å². The lowest BCUT2D eigenvalue weighted by Gasteiger charge is -2.40. The zero-order valence-electron chi connectivity index (χ0n) is 13.6. The van der Waals surface area contributed by atoms with Crippen molar-refractivity contribution >= 4 is 5.91 Å². The van der Waals surface area contributed by atoms with E-state index in [1.807, 2.05) is 0 Å². The summed E-state index contributed by atoms with van der Waals surface area (Å²) in [4.78, 5) is 19.4. The summed E-state index contributed by atoms with van der Waals surface area (Å²) in [5, 5.41) is 3.50. The molecule has 2 aliphatic heterocycles. The van der Waals surface area contributed by atoms with E-state index in [-0.39, 0.29) is 18.1 Å². The van der Waals surface area contributed by atoms with Crippen LogP contribution in [0.5, 0.6) is 0 Å². The Morgan fingerprint density at radius 1 is 1.30 bits per heavy atom. The van der Waals surface area contributed by atoms with Crippen molar-refractivity contribution in [2.24, 2.45) is 5.92 Å². The number of nitrogens with zero attached hydrogens (tertiary/aromatic N) is 3. The number of carbonyl (C=O) groups excluding carboxylic acids is 1. The third-order valence-corrected chi connectivity index (χ3v) is 4.74. The van der Waals surface area contributed by atoms with Crippen molar-refractivity contribution in [3.63, 3.8) is 0 Å². The van der Waals surface area contributed by atoms with Crippen LogP contribution in [0.1, 0.15) is 27.2 Å². The van der Waals surface area contributed by atoms with Gasteiger partial charge in [0.05, 0.1) is 12.2 Å². The second-order valence-corrected chi connectivity index (χ2v) is 6.70. The Hall–Kier alpha value is -0.650. The minimum Gasteiger partial charge on any atom is -0.324 e. The summed E-state index contributed by atoms with van der Waals surface area (Å²) in [5.41, 5.74) is 0.